The van der Waals surface area contributed by atoms with Crippen molar-refractivity contribution in [2.24, 2.45) is 0 Å². The molecule has 0 saturated carbocycles. The highest BCUT2D eigenvalue weighted by Crippen LogP contribution is 2.27. The van der Waals surface area contributed by atoms with Gasteiger partial charge in [0.2, 0.25) is 0 Å². The summed E-state index contributed by atoms with van der Waals surface area (Å²) in [4.78, 5) is 16.9. The molecule has 0 atom stereocenters. The predicted molar refractivity (Wildman–Crippen MR) is 112 cm³/mol. The molecule has 0 radical (unpaired) electrons. The Morgan fingerprint density at radius 1 is 1.00 bits per heavy atom. The number of benzene rings is 2. The fraction of sp³-hybridized carbons (Fsp3) is 0. The quantitative estimate of drug-likeness (QED) is 0.368. The van der Waals surface area contributed by atoms with Crippen molar-refractivity contribution in [3.8, 4) is 22.6 Å². The van der Waals surface area contributed by atoms with E-state index in [1.54, 1.807) is 24.3 Å². The Balaban J connectivity index is 1.48. The van der Waals surface area contributed by atoms with Crippen LogP contribution in [-0.2, 0) is 0 Å². The van der Waals surface area contributed by atoms with Gasteiger partial charge in [0.15, 0.2) is 10.9 Å². The molecule has 27 heavy (non-hydrogen) atoms. The third kappa shape index (κ3) is 4.13. The van der Waals surface area contributed by atoms with E-state index >= 15 is 0 Å². The summed E-state index contributed by atoms with van der Waals surface area (Å²) in [7, 11) is 0. The number of nitrogens with zero attached hydrogens (tertiary/aromatic N) is 1. The summed E-state index contributed by atoms with van der Waals surface area (Å²) in [5.41, 5.74) is 2.65. The number of thiazole rings is 1. The van der Waals surface area contributed by atoms with Gasteiger partial charge in [-0.2, -0.15) is 0 Å². The molecule has 0 saturated heterocycles. The minimum atomic E-state index is -0.341. The summed E-state index contributed by atoms with van der Waals surface area (Å²) < 4.78 is 6.67. The number of aromatic nitrogens is 1. The average molecular weight is 460 g/mol. The highest BCUT2D eigenvalue weighted by molar-refractivity contribution is 9.10. The van der Waals surface area contributed by atoms with Gasteiger partial charge < -0.3 is 4.42 Å². The maximum Gasteiger partial charge on any atom is 0.293 e. The van der Waals surface area contributed by atoms with Crippen molar-refractivity contribution in [2.75, 3.05) is 5.32 Å². The van der Waals surface area contributed by atoms with Gasteiger partial charge in [-0.1, -0.05) is 39.7 Å². The summed E-state index contributed by atoms with van der Waals surface area (Å²) in [5.74, 6) is 0.485. The van der Waals surface area contributed by atoms with Crippen LogP contribution in [0, 0.1) is 0 Å². The zero-order valence-electron chi connectivity index (χ0n) is 13.8. The van der Waals surface area contributed by atoms with Gasteiger partial charge in [-0.25, -0.2) is 4.98 Å². The van der Waals surface area contributed by atoms with Crippen molar-refractivity contribution in [1.82, 2.24) is 4.98 Å². The molecule has 134 valence electrons. The van der Waals surface area contributed by atoms with Crippen LogP contribution in [0.4, 0.5) is 5.13 Å². The third-order valence-corrected chi connectivity index (χ3v) is 5.36. The highest BCUT2D eigenvalue weighted by Gasteiger charge is 2.14. The summed E-state index contributed by atoms with van der Waals surface area (Å²) in [6.45, 7) is 0. The minimum Gasteiger partial charge on any atom is -0.451 e. The zero-order chi connectivity index (χ0) is 18.8. The van der Waals surface area contributed by atoms with Crippen LogP contribution >= 0.6 is 38.9 Å². The average Bonchev–Trinajstić information content (AvgIpc) is 3.33. The lowest BCUT2D eigenvalue weighted by atomic mass is 10.2. The summed E-state index contributed by atoms with van der Waals surface area (Å²) in [6, 6.07) is 18.5. The maximum absolute atomic E-state index is 12.4. The van der Waals surface area contributed by atoms with E-state index in [1.807, 2.05) is 41.8 Å². The first-order valence-corrected chi connectivity index (χ1v) is 10.0. The van der Waals surface area contributed by atoms with Gasteiger partial charge in [0.05, 0.1) is 5.69 Å². The summed E-state index contributed by atoms with van der Waals surface area (Å²) >= 11 is 10.7. The van der Waals surface area contributed by atoms with Crippen LogP contribution in [0.3, 0.4) is 0 Å². The molecule has 0 aliphatic rings. The Morgan fingerprint density at radius 3 is 2.44 bits per heavy atom. The van der Waals surface area contributed by atoms with Gasteiger partial charge in [-0.05, 0) is 48.5 Å². The molecule has 1 amide bonds. The molecule has 2 aromatic heterocycles. The molecule has 7 heteroatoms. The topological polar surface area (TPSA) is 55.1 Å². The first-order chi connectivity index (χ1) is 13.1. The number of hydrogen-bond acceptors (Lipinski definition) is 4. The molecule has 0 fully saturated rings. The Morgan fingerprint density at radius 2 is 1.70 bits per heavy atom. The summed E-state index contributed by atoms with van der Waals surface area (Å²) in [6.07, 6.45) is 0. The van der Waals surface area contributed by atoms with E-state index in [2.05, 4.69) is 26.2 Å². The SMILES string of the molecule is O=C(Nc1nc(-c2ccc(Br)cc2)cs1)c1ccc(-c2ccc(Cl)cc2)o1. The molecule has 0 bridgehead atoms. The molecular weight excluding hydrogens is 448 g/mol. The van der Waals surface area contributed by atoms with Gasteiger partial charge in [-0.15, -0.1) is 11.3 Å². The number of rotatable bonds is 4. The van der Waals surface area contributed by atoms with Crippen molar-refractivity contribution in [3.63, 3.8) is 0 Å². The van der Waals surface area contributed by atoms with Gasteiger partial charge in [-0.3, -0.25) is 10.1 Å². The number of nitrogens with one attached hydrogen (secondary N) is 1. The van der Waals surface area contributed by atoms with Gasteiger partial charge in [0.25, 0.3) is 5.91 Å². The van der Waals surface area contributed by atoms with E-state index in [9.17, 15) is 4.79 Å². The smallest absolute Gasteiger partial charge is 0.293 e. The fourth-order valence-electron chi connectivity index (χ4n) is 2.47. The van der Waals surface area contributed by atoms with Crippen molar-refractivity contribution < 1.29 is 9.21 Å². The third-order valence-electron chi connectivity index (χ3n) is 3.82. The fourth-order valence-corrected chi connectivity index (χ4v) is 3.58. The standard InChI is InChI=1S/C20H12BrClN2O2S/c21-14-5-1-12(2-6-14)16-11-27-20(23-16)24-19(25)18-10-9-17(26-18)13-3-7-15(22)8-4-13/h1-11H,(H,23,24,25). The molecule has 4 nitrogen and oxygen atoms in total. The van der Waals surface area contributed by atoms with Gasteiger partial charge in [0.1, 0.15) is 5.76 Å². The van der Waals surface area contributed by atoms with Crippen LogP contribution in [0.2, 0.25) is 5.02 Å². The Hall–Kier alpha value is -2.41. The molecule has 0 aliphatic heterocycles. The number of amides is 1. The first-order valence-electron chi connectivity index (χ1n) is 7.97. The Labute approximate surface area is 173 Å². The number of furan rings is 1. The number of halogens is 2. The number of carbonyl (C=O) groups excluding carboxylic acids is 1. The van der Waals surface area contributed by atoms with Crippen molar-refractivity contribution in [2.45, 2.75) is 0 Å². The van der Waals surface area contributed by atoms with Crippen molar-refractivity contribution in [3.05, 3.63) is 81.3 Å². The van der Waals surface area contributed by atoms with E-state index in [-0.39, 0.29) is 11.7 Å². The van der Waals surface area contributed by atoms with Crippen molar-refractivity contribution in [1.29, 1.82) is 0 Å². The second-order valence-corrected chi connectivity index (χ2v) is 7.88. The molecule has 0 aliphatic carbocycles. The van der Waals surface area contributed by atoms with Crippen LogP contribution in [0.15, 0.2) is 74.9 Å². The molecule has 2 heterocycles. The second-order valence-electron chi connectivity index (χ2n) is 5.67. The number of hydrogen-bond donors (Lipinski definition) is 1. The van der Waals surface area contributed by atoms with Gasteiger partial charge >= 0.3 is 0 Å². The number of anilines is 1. The maximum atomic E-state index is 12.4. The van der Waals surface area contributed by atoms with Crippen LogP contribution in [-0.4, -0.2) is 10.9 Å². The Bertz CT molecular complexity index is 1090. The normalized spacial score (nSPS) is 10.7. The second kappa shape index (κ2) is 7.68. The molecule has 2 aromatic carbocycles. The monoisotopic (exact) mass is 458 g/mol. The molecule has 4 rings (SSSR count). The largest absolute Gasteiger partial charge is 0.451 e. The van der Waals surface area contributed by atoms with Gasteiger partial charge in [0, 0.05) is 26.0 Å². The first kappa shape index (κ1) is 18.0. The van der Waals surface area contributed by atoms with E-state index in [4.69, 9.17) is 16.0 Å². The van der Waals surface area contributed by atoms with E-state index < -0.39 is 0 Å². The molecular formula is C20H12BrClN2O2S. The van der Waals surface area contributed by atoms with E-state index in [1.165, 1.54) is 11.3 Å². The molecule has 0 unspecified atom stereocenters. The van der Waals surface area contributed by atoms with E-state index in [0.717, 1.165) is 21.3 Å². The molecule has 0 spiro atoms. The van der Waals surface area contributed by atoms with Crippen LogP contribution in [0.5, 0.6) is 0 Å². The number of carbonyl (C=O) groups is 1. The lowest BCUT2D eigenvalue weighted by Gasteiger charge is -2.00. The molecule has 1 N–H and O–H groups in total. The van der Waals surface area contributed by atoms with Crippen LogP contribution < -0.4 is 5.32 Å². The zero-order valence-corrected chi connectivity index (χ0v) is 16.9. The summed E-state index contributed by atoms with van der Waals surface area (Å²) in [5, 5.41) is 5.84. The van der Waals surface area contributed by atoms with E-state index in [0.29, 0.717) is 15.9 Å². The van der Waals surface area contributed by atoms with Crippen LogP contribution in [0.25, 0.3) is 22.6 Å². The highest BCUT2D eigenvalue weighted by atomic mass is 79.9. The lowest BCUT2D eigenvalue weighted by molar-refractivity contribution is 0.0997. The lowest BCUT2D eigenvalue weighted by Crippen LogP contribution is -2.10. The predicted octanol–water partition coefficient (Wildman–Crippen LogP) is 6.74. The molecule has 4 aromatic rings. The minimum absolute atomic E-state index is 0.223. The Kier molecular flexibility index (Phi) is 5.11. The van der Waals surface area contributed by atoms with Crippen molar-refractivity contribution >= 4 is 49.9 Å². The van der Waals surface area contributed by atoms with Crippen LogP contribution in [0.1, 0.15) is 10.6 Å².